The van der Waals surface area contributed by atoms with Gasteiger partial charge in [0.2, 0.25) is 0 Å². The molecule has 2 aromatic heterocycles. The number of carboxylic acid groups (broad SMARTS) is 1. The molecule has 2 rings (SSSR count). The highest BCUT2D eigenvalue weighted by atomic mass is 79.9. The van der Waals surface area contributed by atoms with Gasteiger partial charge in [-0.25, -0.2) is 4.79 Å². The molecule has 0 aliphatic heterocycles. The van der Waals surface area contributed by atoms with Gasteiger partial charge >= 0.3 is 5.97 Å². The Balaban J connectivity index is 2.80. The van der Waals surface area contributed by atoms with E-state index in [0.717, 1.165) is 9.99 Å². The quantitative estimate of drug-likeness (QED) is 0.848. The molecule has 14 heavy (non-hydrogen) atoms. The van der Waals surface area contributed by atoms with E-state index in [1.165, 1.54) is 0 Å². The lowest BCUT2D eigenvalue weighted by Gasteiger charge is -1.98. The van der Waals surface area contributed by atoms with Crippen LogP contribution in [0.15, 0.2) is 22.8 Å². The second-order valence-electron chi connectivity index (χ2n) is 2.95. The van der Waals surface area contributed by atoms with E-state index in [0.29, 0.717) is 5.52 Å². The summed E-state index contributed by atoms with van der Waals surface area (Å²) < 4.78 is 2.44. The van der Waals surface area contributed by atoms with E-state index in [9.17, 15) is 4.79 Å². The molecule has 2 aromatic rings. The molecule has 5 heteroatoms. The molecular formula is C9H7BrN2O2. The van der Waals surface area contributed by atoms with Crippen molar-refractivity contribution in [3.63, 3.8) is 0 Å². The lowest BCUT2D eigenvalue weighted by Crippen LogP contribution is -2.03. The molecule has 0 saturated heterocycles. The zero-order chi connectivity index (χ0) is 10.3. The van der Waals surface area contributed by atoms with Gasteiger partial charge in [-0.1, -0.05) is 0 Å². The molecule has 0 saturated carbocycles. The molecule has 0 aliphatic carbocycles. The zero-order valence-electron chi connectivity index (χ0n) is 7.36. The van der Waals surface area contributed by atoms with Crippen molar-refractivity contribution in [1.29, 1.82) is 0 Å². The Hall–Kier alpha value is -1.36. The molecule has 0 unspecified atom stereocenters. The fraction of sp³-hybridized carbons (Fsp3) is 0.111. The monoisotopic (exact) mass is 254 g/mol. The van der Waals surface area contributed by atoms with E-state index in [-0.39, 0.29) is 5.69 Å². The summed E-state index contributed by atoms with van der Waals surface area (Å²) in [4.78, 5) is 14.9. The average Bonchev–Trinajstić information content (AvgIpc) is 2.44. The van der Waals surface area contributed by atoms with E-state index in [2.05, 4.69) is 20.9 Å². The number of halogens is 1. The van der Waals surface area contributed by atoms with Crippen LogP contribution in [0.1, 0.15) is 10.5 Å². The van der Waals surface area contributed by atoms with Gasteiger partial charge in [-0.3, -0.25) is 4.98 Å². The minimum absolute atomic E-state index is 0.241. The number of carbonyl (C=O) groups is 1. The molecule has 0 bridgehead atoms. The normalized spacial score (nSPS) is 10.7. The first-order valence-corrected chi connectivity index (χ1v) is 4.73. The number of fused-ring (bicyclic) bond motifs is 1. The number of aromatic nitrogens is 2. The first kappa shape index (κ1) is 9.21. The lowest BCUT2D eigenvalue weighted by atomic mass is 10.4. The molecular weight excluding hydrogens is 248 g/mol. The molecule has 0 amide bonds. The summed E-state index contributed by atoms with van der Waals surface area (Å²) >= 11 is 3.29. The van der Waals surface area contributed by atoms with Gasteiger partial charge in [0, 0.05) is 17.7 Å². The predicted octanol–water partition coefficient (Wildman–Crippen LogP) is 2.03. The van der Waals surface area contributed by atoms with Crippen molar-refractivity contribution >= 4 is 32.9 Å². The molecule has 0 fully saturated rings. The maximum Gasteiger partial charge on any atom is 0.352 e. The van der Waals surface area contributed by atoms with Crippen LogP contribution in [0.4, 0.5) is 0 Å². The largest absolute Gasteiger partial charge is 0.477 e. The second-order valence-corrected chi connectivity index (χ2v) is 3.87. The van der Waals surface area contributed by atoms with Gasteiger partial charge in [0.25, 0.3) is 0 Å². The third-order valence-corrected chi connectivity index (χ3v) is 2.51. The van der Waals surface area contributed by atoms with E-state index >= 15 is 0 Å². The van der Waals surface area contributed by atoms with E-state index in [4.69, 9.17) is 5.11 Å². The van der Waals surface area contributed by atoms with Gasteiger partial charge in [0.05, 0.1) is 11.0 Å². The minimum atomic E-state index is -0.943. The van der Waals surface area contributed by atoms with Gasteiger partial charge in [0.1, 0.15) is 5.69 Å². The number of carboxylic acids is 1. The van der Waals surface area contributed by atoms with Crippen LogP contribution in [0, 0.1) is 0 Å². The van der Waals surface area contributed by atoms with Crippen molar-refractivity contribution in [3.8, 4) is 0 Å². The molecule has 4 nitrogen and oxygen atoms in total. The van der Waals surface area contributed by atoms with E-state index in [1.54, 1.807) is 23.9 Å². The Morgan fingerprint density at radius 2 is 2.29 bits per heavy atom. The van der Waals surface area contributed by atoms with Crippen molar-refractivity contribution in [2.75, 3.05) is 0 Å². The highest BCUT2D eigenvalue weighted by Gasteiger charge is 2.12. The minimum Gasteiger partial charge on any atom is -0.477 e. The fourth-order valence-corrected chi connectivity index (χ4v) is 1.70. The third kappa shape index (κ3) is 1.29. The van der Waals surface area contributed by atoms with Crippen LogP contribution >= 0.6 is 15.9 Å². The van der Waals surface area contributed by atoms with Gasteiger partial charge in [-0.2, -0.15) is 0 Å². The van der Waals surface area contributed by atoms with Crippen LogP contribution < -0.4 is 0 Å². The maximum atomic E-state index is 10.8. The Bertz CT molecular complexity index is 519. The second kappa shape index (κ2) is 3.09. The predicted molar refractivity (Wildman–Crippen MR) is 55.4 cm³/mol. The van der Waals surface area contributed by atoms with Crippen molar-refractivity contribution in [3.05, 3.63) is 28.5 Å². The van der Waals surface area contributed by atoms with Crippen LogP contribution in [0.25, 0.3) is 11.0 Å². The Labute approximate surface area is 88.3 Å². The van der Waals surface area contributed by atoms with Gasteiger partial charge in [-0.05, 0) is 28.1 Å². The summed E-state index contributed by atoms with van der Waals surface area (Å²) in [7, 11) is 1.71. The molecule has 0 spiro atoms. The zero-order valence-corrected chi connectivity index (χ0v) is 8.95. The van der Waals surface area contributed by atoms with Crippen LogP contribution in [0.5, 0.6) is 0 Å². The first-order chi connectivity index (χ1) is 6.59. The van der Waals surface area contributed by atoms with E-state index < -0.39 is 5.97 Å². The smallest absolute Gasteiger partial charge is 0.352 e. The SMILES string of the molecule is Cn1c(C(=O)O)cc2ncc(Br)cc21. The number of nitrogens with zero attached hydrogens (tertiary/aromatic N) is 2. The maximum absolute atomic E-state index is 10.8. The topological polar surface area (TPSA) is 55.1 Å². The summed E-state index contributed by atoms with van der Waals surface area (Å²) in [5.74, 6) is -0.943. The van der Waals surface area contributed by atoms with Crippen LogP contribution in [-0.2, 0) is 7.05 Å². The van der Waals surface area contributed by atoms with Crippen molar-refractivity contribution in [2.24, 2.45) is 7.05 Å². The number of aryl methyl sites for hydroxylation is 1. The van der Waals surface area contributed by atoms with Gasteiger partial charge in [-0.15, -0.1) is 0 Å². The average molecular weight is 255 g/mol. The summed E-state index contributed by atoms with van der Waals surface area (Å²) in [6.45, 7) is 0. The third-order valence-electron chi connectivity index (χ3n) is 2.08. The lowest BCUT2D eigenvalue weighted by molar-refractivity contribution is 0.0687. The molecule has 72 valence electrons. The Morgan fingerprint density at radius 1 is 1.57 bits per heavy atom. The molecule has 2 heterocycles. The summed E-state index contributed by atoms with van der Waals surface area (Å²) in [5.41, 5.74) is 1.73. The Kier molecular flexibility index (Phi) is 2.03. The standard InChI is InChI=1S/C9H7BrN2O2/c1-12-7-2-5(10)4-11-6(7)3-8(12)9(13)14/h2-4H,1H3,(H,13,14). The summed E-state index contributed by atoms with van der Waals surface area (Å²) in [5, 5.41) is 8.88. The molecule has 0 radical (unpaired) electrons. The number of hydrogen-bond donors (Lipinski definition) is 1. The highest BCUT2D eigenvalue weighted by molar-refractivity contribution is 9.10. The molecule has 0 aliphatic rings. The molecule has 0 atom stereocenters. The number of aromatic carboxylic acids is 1. The number of rotatable bonds is 1. The fourth-order valence-electron chi connectivity index (χ4n) is 1.38. The van der Waals surface area contributed by atoms with Crippen LogP contribution in [-0.4, -0.2) is 20.6 Å². The van der Waals surface area contributed by atoms with Gasteiger partial charge in [0.15, 0.2) is 0 Å². The first-order valence-electron chi connectivity index (χ1n) is 3.94. The van der Waals surface area contributed by atoms with Gasteiger partial charge < -0.3 is 9.67 Å². The Morgan fingerprint density at radius 3 is 2.93 bits per heavy atom. The van der Waals surface area contributed by atoms with Crippen LogP contribution in [0.2, 0.25) is 0 Å². The van der Waals surface area contributed by atoms with Crippen molar-refractivity contribution in [2.45, 2.75) is 0 Å². The number of pyridine rings is 1. The number of hydrogen-bond acceptors (Lipinski definition) is 2. The summed E-state index contributed by atoms with van der Waals surface area (Å²) in [6, 6.07) is 3.40. The van der Waals surface area contributed by atoms with Crippen LogP contribution in [0.3, 0.4) is 0 Å². The molecule has 0 aromatic carbocycles. The molecule has 1 N–H and O–H groups in total. The summed E-state index contributed by atoms with van der Waals surface area (Å²) in [6.07, 6.45) is 1.65. The highest BCUT2D eigenvalue weighted by Crippen LogP contribution is 2.20. The van der Waals surface area contributed by atoms with Crippen molar-refractivity contribution < 1.29 is 9.90 Å². The van der Waals surface area contributed by atoms with E-state index in [1.807, 2.05) is 6.07 Å². The van der Waals surface area contributed by atoms with Crippen molar-refractivity contribution in [1.82, 2.24) is 9.55 Å².